The van der Waals surface area contributed by atoms with Gasteiger partial charge in [0.05, 0.1) is 22.2 Å². The van der Waals surface area contributed by atoms with Gasteiger partial charge in [-0.15, -0.1) is 0 Å². The van der Waals surface area contributed by atoms with Crippen molar-refractivity contribution in [3.8, 4) is 11.4 Å². The fourth-order valence-corrected chi connectivity index (χ4v) is 3.45. The molecule has 0 aliphatic rings. The Morgan fingerprint density at radius 3 is 2.72 bits per heavy atom. The number of pyridine rings is 1. The van der Waals surface area contributed by atoms with Gasteiger partial charge in [-0.1, -0.05) is 17.7 Å². The van der Waals surface area contributed by atoms with Gasteiger partial charge in [0.15, 0.2) is 0 Å². The van der Waals surface area contributed by atoms with Gasteiger partial charge < -0.3 is 0 Å². The van der Waals surface area contributed by atoms with E-state index in [1.165, 1.54) is 0 Å². The van der Waals surface area contributed by atoms with Crippen LogP contribution in [0.4, 0.5) is 4.39 Å². The topological polar surface area (TPSA) is 76.9 Å². The van der Waals surface area contributed by atoms with Gasteiger partial charge in [-0.05, 0) is 36.4 Å². The van der Waals surface area contributed by atoms with Gasteiger partial charge in [-0.25, -0.2) is 17.5 Å². The Morgan fingerprint density at radius 2 is 2.00 bits per heavy atom. The molecule has 0 aliphatic heterocycles. The second kappa shape index (κ2) is 7.30. The molecule has 1 aromatic carbocycles. The minimum atomic E-state index is -3.77. The molecule has 3 rings (SSSR count). The van der Waals surface area contributed by atoms with Gasteiger partial charge in [0, 0.05) is 18.9 Å². The average molecular weight is 381 g/mol. The first-order valence-electron chi connectivity index (χ1n) is 7.35. The number of hydrogen-bond donors (Lipinski definition) is 1. The van der Waals surface area contributed by atoms with Gasteiger partial charge in [-0.2, -0.15) is 5.10 Å². The van der Waals surface area contributed by atoms with E-state index in [2.05, 4.69) is 14.8 Å². The number of aromatic nitrogens is 3. The highest BCUT2D eigenvalue weighted by Crippen LogP contribution is 2.19. The molecule has 0 spiro atoms. The van der Waals surface area contributed by atoms with Crippen LogP contribution < -0.4 is 4.72 Å². The van der Waals surface area contributed by atoms with Crippen molar-refractivity contribution in [3.05, 3.63) is 65.7 Å². The summed E-state index contributed by atoms with van der Waals surface area (Å²) in [7, 11) is -3.77. The Balaban J connectivity index is 1.63. The lowest BCUT2D eigenvalue weighted by molar-refractivity contribution is 0.561. The minimum Gasteiger partial charge on any atom is -0.271 e. The lowest BCUT2D eigenvalue weighted by Crippen LogP contribution is -2.27. The predicted molar refractivity (Wildman–Crippen MR) is 92.1 cm³/mol. The molecule has 2 aromatic heterocycles. The SMILES string of the molecule is O=S(=O)(NCCn1ccc(-c2ccccn2)n1)c1ccc(F)c(Cl)c1. The molecular formula is C16H14ClFN4O2S. The molecule has 0 unspecified atom stereocenters. The average Bonchev–Trinajstić information content (AvgIpc) is 3.07. The van der Waals surface area contributed by atoms with Crippen molar-refractivity contribution in [1.82, 2.24) is 19.5 Å². The normalized spacial score (nSPS) is 11.6. The zero-order valence-electron chi connectivity index (χ0n) is 12.9. The van der Waals surface area contributed by atoms with Gasteiger partial charge in [0.1, 0.15) is 11.5 Å². The molecule has 0 fully saturated rings. The quantitative estimate of drug-likeness (QED) is 0.713. The van der Waals surface area contributed by atoms with Crippen molar-refractivity contribution in [2.24, 2.45) is 0 Å². The molecule has 130 valence electrons. The molecule has 1 N–H and O–H groups in total. The van der Waals surface area contributed by atoms with Crippen molar-refractivity contribution >= 4 is 21.6 Å². The molecule has 0 saturated carbocycles. The third-order valence-electron chi connectivity index (χ3n) is 3.40. The van der Waals surface area contributed by atoms with E-state index in [-0.39, 0.29) is 16.5 Å². The number of sulfonamides is 1. The van der Waals surface area contributed by atoms with Crippen molar-refractivity contribution in [2.45, 2.75) is 11.4 Å². The Bertz CT molecular complexity index is 977. The van der Waals surface area contributed by atoms with Crippen molar-refractivity contribution in [2.75, 3.05) is 6.54 Å². The molecule has 0 amide bonds. The van der Waals surface area contributed by atoms with Crippen LogP contribution in [-0.2, 0) is 16.6 Å². The lowest BCUT2D eigenvalue weighted by Gasteiger charge is -2.07. The Kier molecular flexibility index (Phi) is 5.12. The predicted octanol–water partition coefficient (Wildman–Crippen LogP) is 2.72. The highest BCUT2D eigenvalue weighted by atomic mass is 35.5. The first-order chi connectivity index (χ1) is 12.0. The Morgan fingerprint density at radius 1 is 1.16 bits per heavy atom. The number of nitrogens with zero attached hydrogens (tertiary/aromatic N) is 3. The second-order valence-electron chi connectivity index (χ2n) is 5.15. The standard InChI is InChI=1S/C16H14ClFN4O2S/c17-13-11-12(4-5-14(13)18)25(23,24)20-8-10-22-9-6-16(21-22)15-3-1-2-7-19-15/h1-7,9,11,20H,8,10H2. The first kappa shape index (κ1) is 17.5. The van der Waals surface area contributed by atoms with Crippen LogP contribution in [0.3, 0.4) is 0 Å². The van der Waals surface area contributed by atoms with E-state index in [4.69, 9.17) is 11.6 Å². The summed E-state index contributed by atoms with van der Waals surface area (Å²) >= 11 is 5.62. The van der Waals surface area contributed by atoms with Crippen molar-refractivity contribution < 1.29 is 12.8 Å². The van der Waals surface area contributed by atoms with E-state index in [1.54, 1.807) is 23.1 Å². The Hall–Kier alpha value is -2.29. The summed E-state index contributed by atoms with van der Waals surface area (Å²) in [4.78, 5) is 4.12. The summed E-state index contributed by atoms with van der Waals surface area (Å²) in [5.74, 6) is -0.667. The van der Waals surface area contributed by atoms with Gasteiger partial charge in [0.2, 0.25) is 10.0 Å². The molecule has 0 aliphatic carbocycles. The molecule has 3 aromatic rings. The van der Waals surface area contributed by atoms with E-state index < -0.39 is 15.8 Å². The monoisotopic (exact) mass is 380 g/mol. The zero-order valence-corrected chi connectivity index (χ0v) is 14.5. The van der Waals surface area contributed by atoms with Crippen LogP contribution in [0.25, 0.3) is 11.4 Å². The number of benzene rings is 1. The van der Waals surface area contributed by atoms with Crippen LogP contribution in [-0.4, -0.2) is 29.7 Å². The van der Waals surface area contributed by atoms with E-state index in [0.29, 0.717) is 12.2 Å². The Labute approximate surface area is 149 Å². The molecule has 0 radical (unpaired) electrons. The van der Waals surface area contributed by atoms with Crippen LogP contribution in [0, 0.1) is 5.82 Å². The fourth-order valence-electron chi connectivity index (χ4n) is 2.16. The number of nitrogens with one attached hydrogen (secondary N) is 1. The third-order valence-corrected chi connectivity index (χ3v) is 5.15. The summed E-state index contributed by atoms with van der Waals surface area (Å²) in [6.45, 7) is 0.460. The van der Waals surface area contributed by atoms with Crippen molar-refractivity contribution in [3.63, 3.8) is 0 Å². The summed E-state index contributed by atoms with van der Waals surface area (Å²) in [6.07, 6.45) is 3.42. The molecule has 25 heavy (non-hydrogen) atoms. The molecule has 9 heteroatoms. The van der Waals surface area contributed by atoms with Gasteiger partial charge >= 0.3 is 0 Å². The maximum absolute atomic E-state index is 13.1. The van der Waals surface area contributed by atoms with Crippen LogP contribution >= 0.6 is 11.6 Å². The maximum atomic E-state index is 13.1. The number of rotatable bonds is 6. The number of hydrogen-bond acceptors (Lipinski definition) is 4. The largest absolute Gasteiger partial charge is 0.271 e. The lowest BCUT2D eigenvalue weighted by atomic mass is 10.3. The fraction of sp³-hybridized carbons (Fsp3) is 0.125. The molecule has 6 nitrogen and oxygen atoms in total. The summed E-state index contributed by atoms with van der Waals surface area (Å²) in [5.41, 5.74) is 1.44. The van der Waals surface area contributed by atoms with E-state index in [0.717, 1.165) is 23.9 Å². The molecular weight excluding hydrogens is 367 g/mol. The first-order valence-corrected chi connectivity index (χ1v) is 9.21. The van der Waals surface area contributed by atoms with Crippen molar-refractivity contribution in [1.29, 1.82) is 0 Å². The molecule has 0 atom stereocenters. The van der Waals surface area contributed by atoms with Gasteiger partial charge in [-0.3, -0.25) is 9.67 Å². The van der Waals surface area contributed by atoms with Crippen LogP contribution in [0.15, 0.2) is 59.8 Å². The minimum absolute atomic E-state index is 0.0893. The third kappa shape index (κ3) is 4.22. The van der Waals surface area contributed by atoms with E-state index in [1.807, 2.05) is 18.2 Å². The van der Waals surface area contributed by atoms with Crippen LogP contribution in [0.1, 0.15) is 0 Å². The molecule has 0 bridgehead atoms. The maximum Gasteiger partial charge on any atom is 0.240 e. The van der Waals surface area contributed by atoms with E-state index >= 15 is 0 Å². The molecule has 2 heterocycles. The van der Waals surface area contributed by atoms with Crippen LogP contribution in [0.5, 0.6) is 0 Å². The van der Waals surface area contributed by atoms with Gasteiger partial charge in [0.25, 0.3) is 0 Å². The summed E-state index contributed by atoms with van der Waals surface area (Å²) in [5, 5.41) is 4.11. The summed E-state index contributed by atoms with van der Waals surface area (Å²) in [6, 6.07) is 10.6. The highest BCUT2D eigenvalue weighted by molar-refractivity contribution is 7.89. The molecule has 0 saturated heterocycles. The smallest absolute Gasteiger partial charge is 0.240 e. The van der Waals surface area contributed by atoms with E-state index in [9.17, 15) is 12.8 Å². The van der Waals surface area contributed by atoms with Crippen LogP contribution in [0.2, 0.25) is 5.02 Å². The number of halogens is 2. The second-order valence-corrected chi connectivity index (χ2v) is 7.33. The zero-order chi connectivity index (χ0) is 17.9. The summed E-state index contributed by atoms with van der Waals surface area (Å²) < 4.78 is 41.5. The highest BCUT2D eigenvalue weighted by Gasteiger charge is 2.15.